The first-order valence-corrected chi connectivity index (χ1v) is 14.7. The van der Waals surface area contributed by atoms with E-state index in [-0.39, 0.29) is 59.5 Å². The predicted molar refractivity (Wildman–Crippen MR) is 164 cm³/mol. The van der Waals surface area contributed by atoms with Crippen molar-refractivity contribution in [2.45, 2.75) is 52.1 Å². The molecule has 2 aliphatic rings. The van der Waals surface area contributed by atoms with Crippen molar-refractivity contribution in [1.29, 1.82) is 0 Å². The zero-order valence-electron chi connectivity index (χ0n) is 25.2. The van der Waals surface area contributed by atoms with Gasteiger partial charge in [0, 0.05) is 37.9 Å². The second kappa shape index (κ2) is 11.2. The highest BCUT2D eigenvalue weighted by Gasteiger charge is 2.38. The van der Waals surface area contributed by atoms with Gasteiger partial charge in [0.2, 0.25) is 5.91 Å². The van der Waals surface area contributed by atoms with E-state index in [1.165, 1.54) is 10.6 Å². The molecule has 2 N–H and O–H groups in total. The second-order valence-electron chi connectivity index (χ2n) is 11.7. The van der Waals surface area contributed by atoms with Crippen LogP contribution in [0.5, 0.6) is 5.75 Å². The summed E-state index contributed by atoms with van der Waals surface area (Å²) >= 11 is 0. The number of nitrogens with zero attached hydrogens (tertiary/aromatic N) is 6. The van der Waals surface area contributed by atoms with Crippen molar-refractivity contribution in [2.24, 2.45) is 0 Å². The van der Waals surface area contributed by atoms with Gasteiger partial charge in [-0.1, -0.05) is 20.4 Å². The summed E-state index contributed by atoms with van der Waals surface area (Å²) < 4.78 is 47.5. The molecule has 2 aliphatic heterocycles. The van der Waals surface area contributed by atoms with Crippen LogP contribution in [0.1, 0.15) is 44.4 Å². The summed E-state index contributed by atoms with van der Waals surface area (Å²) in [6, 6.07) is 2.76. The number of aromatic nitrogens is 4. The number of piperazine rings is 1. The van der Waals surface area contributed by atoms with Gasteiger partial charge < -0.3 is 20.2 Å². The number of rotatable bonds is 4. The molecule has 5 heterocycles. The molecule has 0 spiro atoms. The van der Waals surface area contributed by atoms with Crippen molar-refractivity contribution < 1.29 is 23.1 Å². The van der Waals surface area contributed by atoms with Gasteiger partial charge >= 0.3 is 5.69 Å². The number of hydrogen-bond donors (Lipinski definition) is 2. The van der Waals surface area contributed by atoms with E-state index < -0.39 is 40.1 Å². The van der Waals surface area contributed by atoms with Crippen LogP contribution < -0.4 is 15.9 Å². The van der Waals surface area contributed by atoms with Gasteiger partial charge in [-0.05, 0) is 56.0 Å². The number of benzene rings is 1. The summed E-state index contributed by atoms with van der Waals surface area (Å²) in [5.41, 5.74) is -0.822. The Morgan fingerprint density at radius 2 is 1.91 bits per heavy atom. The minimum Gasteiger partial charge on any atom is -0.507 e. The maximum Gasteiger partial charge on any atom is 0.355 e. The first kappa shape index (κ1) is 30.1. The van der Waals surface area contributed by atoms with E-state index in [2.05, 4.69) is 26.8 Å². The SMILES string of the molecule is C=CC(=O)N1CC2CCNc3c(F)c(-c4c(O)ccc(F)c4F)nc4c3c(nc(=O)n4-c3c(C)ccnc3C(C)C)N2CC1C. The van der Waals surface area contributed by atoms with Crippen molar-refractivity contribution >= 4 is 28.4 Å². The highest BCUT2D eigenvalue weighted by molar-refractivity contribution is 6.02. The molecule has 234 valence electrons. The third-order valence-corrected chi connectivity index (χ3v) is 8.53. The number of aryl methyl sites for hydroxylation is 1. The van der Waals surface area contributed by atoms with Gasteiger partial charge in [0.15, 0.2) is 23.1 Å². The van der Waals surface area contributed by atoms with Crippen molar-refractivity contribution in [3.8, 4) is 22.7 Å². The van der Waals surface area contributed by atoms with Crippen LogP contribution in [0.4, 0.5) is 24.7 Å². The van der Waals surface area contributed by atoms with Crippen LogP contribution >= 0.6 is 0 Å². The highest BCUT2D eigenvalue weighted by Crippen LogP contribution is 2.43. The Bertz CT molecular complexity index is 1940. The molecule has 1 amide bonds. The van der Waals surface area contributed by atoms with E-state index in [1.807, 2.05) is 25.7 Å². The molecule has 2 unspecified atom stereocenters. The third kappa shape index (κ3) is 4.77. The largest absolute Gasteiger partial charge is 0.507 e. The first-order chi connectivity index (χ1) is 21.4. The van der Waals surface area contributed by atoms with Gasteiger partial charge in [-0.15, -0.1) is 0 Å². The number of halogens is 3. The topological polar surface area (TPSA) is 116 Å². The Morgan fingerprint density at radius 1 is 1.16 bits per heavy atom. The number of aromatic hydroxyl groups is 1. The van der Waals surface area contributed by atoms with Gasteiger partial charge in [0.1, 0.15) is 17.3 Å². The summed E-state index contributed by atoms with van der Waals surface area (Å²) in [7, 11) is 0. The van der Waals surface area contributed by atoms with Crippen LogP contribution in [0, 0.1) is 24.4 Å². The van der Waals surface area contributed by atoms with E-state index in [0.717, 1.165) is 12.1 Å². The van der Waals surface area contributed by atoms with E-state index in [1.54, 1.807) is 24.1 Å². The minimum absolute atomic E-state index is 0.0807. The number of anilines is 2. The van der Waals surface area contributed by atoms with Gasteiger partial charge in [0.25, 0.3) is 0 Å². The fourth-order valence-electron chi connectivity index (χ4n) is 6.34. The monoisotopic (exact) mass is 619 g/mol. The molecule has 6 rings (SSSR count). The van der Waals surface area contributed by atoms with Crippen molar-refractivity contribution in [1.82, 2.24) is 24.4 Å². The van der Waals surface area contributed by atoms with Gasteiger partial charge in [-0.2, -0.15) is 4.98 Å². The van der Waals surface area contributed by atoms with Gasteiger partial charge in [-0.3, -0.25) is 9.78 Å². The van der Waals surface area contributed by atoms with Crippen LogP contribution in [-0.4, -0.2) is 67.2 Å². The maximum atomic E-state index is 16.6. The summed E-state index contributed by atoms with van der Waals surface area (Å²) in [6.07, 6.45) is 3.29. The van der Waals surface area contributed by atoms with E-state index in [0.29, 0.717) is 29.9 Å². The lowest BCUT2D eigenvalue weighted by molar-refractivity contribution is -0.128. The van der Waals surface area contributed by atoms with Crippen LogP contribution in [0.25, 0.3) is 28.0 Å². The second-order valence-corrected chi connectivity index (χ2v) is 11.7. The summed E-state index contributed by atoms with van der Waals surface area (Å²) in [5.74, 6) is -4.80. The van der Waals surface area contributed by atoms with Crippen molar-refractivity contribution in [3.63, 3.8) is 0 Å². The average molecular weight is 620 g/mol. The quantitative estimate of drug-likeness (QED) is 0.313. The lowest BCUT2D eigenvalue weighted by Gasteiger charge is -2.46. The zero-order chi connectivity index (χ0) is 32.3. The average Bonchev–Trinajstić information content (AvgIpc) is 2.99. The number of amides is 1. The highest BCUT2D eigenvalue weighted by atomic mass is 19.2. The smallest absolute Gasteiger partial charge is 0.355 e. The fourth-order valence-corrected chi connectivity index (χ4v) is 6.34. The zero-order valence-corrected chi connectivity index (χ0v) is 25.2. The number of pyridine rings is 2. The van der Waals surface area contributed by atoms with Crippen LogP contribution in [-0.2, 0) is 4.79 Å². The van der Waals surface area contributed by atoms with Crippen LogP contribution in [0.3, 0.4) is 0 Å². The normalized spacial score (nSPS) is 18.0. The Morgan fingerprint density at radius 3 is 2.62 bits per heavy atom. The van der Waals surface area contributed by atoms with Crippen molar-refractivity contribution in [2.75, 3.05) is 29.9 Å². The molecule has 0 aliphatic carbocycles. The van der Waals surface area contributed by atoms with E-state index in [4.69, 9.17) is 0 Å². The molecule has 3 aromatic heterocycles. The number of fused-ring (bicyclic) bond motifs is 2. The Labute approximate surface area is 256 Å². The molecule has 10 nitrogen and oxygen atoms in total. The molecule has 1 fully saturated rings. The summed E-state index contributed by atoms with van der Waals surface area (Å²) in [5, 5.41) is 13.8. The Kier molecular flexibility index (Phi) is 7.50. The standard InChI is InChI=1S/C32H32F3N7O3/c1-6-21(44)40-14-18-10-12-37-27-23-30(41(18)13-17(40)5)39-32(45)42(29-16(4)9-11-36-26(29)15(2)3)31(23)38-28(25(27)35)22-20(43)8-7-19(33)24(22)34/h6-9,11,15,17-18,37,43H,1,10,12-14H2,2-5H3. The molecule has 0 saturated carbocycles. The van der Waals surface area contributed by atoms with E-state index in [9.17, 15) is 19.1 Å². The molecule has 13 heteroatoms. The minimum atomic E-state index is -1.49. The molecule has 1 aromatic carbocycles. The maximum absolute atomic E-state index is 16.6. The Balaban J connectivity index is 1.74. The lowest BCUT2D eigenvalue weighted by atomic mass is 10.00. The molecule has 2 atom stereocenters. The molecule has 0 radical (unpaired) electrons. The van der Waals surface area contributed by atoms with Gasteiger partial charge in [0.05, 0.1) is 28.0 Å². The summed E-state index contributed by atoms with van der Waals surface area (Å²) in [4.78, 5) is 43.9. The Hall–Kier alpha value is -4.94. The molecule has 4 aromatic rings. The molecular weight excluding hydrogens is 587 g/mol. The van der Waals surface area contributed by atoms with Gasteiger partial charge in [-0.25, -0.2) is 27.5 Å². The third-order valence-electron chi connectivity index (χ3n) is 8.53. The lowest BCUT2D eigenvalue weighted by Crippen LogP contribution is -2.60. The first-order valence-electron chi connectivity index (χ1n) is 14.7. The number of nitrogens with one attached hydrogen (secondary N) is 1. The van der Waals surface area contributed by atoms with Crippen LogP contribution in [0.15, 0.2) is 41.8 Å². The van der Waals surface area contributed by atoms with Crippen LogP contribution in [0.2, 0.25) is 0 Å². The summed E-state index contributed by atoms with van der Waals surface area (Å²) in [6.45, 7) is 11.9. The number of carbonyl (C=O) groups excluding carboxylic acids is 1. The van der Waals surface area contributed by atoms with Crippen molar-refractivity contribution in [3.05, 3.63) is 76.2 Å². The number of hydrogen-bond acceptors (Lipinski definition) is 8. The van der Waals surface area contributed by atoms with E-state index >= 15 is 8.78 Å². The molecule has 1 saturated heterocycles. The molecule has 45 heavy (non-hydrogen) atoms. The number of phenolic OH excluding ortho intramolecular Hbond substituents is 1. The predicted octanol–water partition coefficient (Wildman–Crippen LogP) is 4.80. The fraction of sp³-hybridized carbons (Fsp3) is 0.344. The molecule has 0 bridgehead atoms. The number of phenols is 1. The molecular formula is C32H32F3N7O3. The number of carbonyl (C=O) groups is 1.